The predicted molar refractivity (Wildman–Crippen MR) is 94.9 cm³/mol. The summed E-state index contributed by atoms with van der Waals surface area (Å²) in [6.45, 7) is 4.67. The molecule has 3 nitrogen and oxygen atoms in total. The van der Waals surface area contributed by atoms with Crippen LogP contribution in [0.25, 0.3) is 10.8 Å². The fourth-order valence-corrected chi connectivity index (χ4v) is 4.48. The van der Waals surface area contributed by atoms with Crippen LogP contribution >= 0.6 is 0 Å². The third-order valence-corrected chi connectivity index (χ3v) is 5.59. The number of fused-ring (bicyclic) bond motifs is 5. The van der Waals surface area contributed by atoms with Crippen molar-refractivity contribution >= 4 is 10.8 Å². The lowest BCUT2D eigenvalue weighted by molar-refractivity contribution is 0.123. The van der Waals surface area contributed by atoms with E-state index in [1.54, 1.807) is 7.11 Å². The highest BCUT2D eigenvalue weighted by atomic mass is 16.5. The van der Waals surface area contributed by atoms with Gasteiger partial charge in [0.1, 0.15) is 5.75 Å². The first-order chi connectivity index (χ1) is 11.2. The van der Waals surface area contributed by atoms with Gasteiger partial charge in [-0.2, -0.15) is 0 Å². The summed E-state index contributed by atoms with van der Waals surface area (Å²) in [6, 6.07) is 13.6. The molecule has 2 aromatic carbocycles. The van der Waals surface area contributed by atoms with E-state index in [0.717, 1.165) is 18.2 Å². The Morgan fingerprint density at radius 1 is 1.04 bits per heavy atom. The first-order valence-electron chi connectivity index (χ1n) is 8.72. The number of rotatable bonds is 3. The van der Waals surface area contributed by atoms with Gasteiger partial charge in [0, 0.05) is 37.8 Å². The van der Waals surface area contributed by atoms with Crippen LogP contribution in [0.2, 0.25) is 0 Å². The largest absolute Gasteiger partial charge is 0.496 e. The van der Waals surface area contributed by atoms with Gasteiger partial charge in [0.15, 0.2) is 0 Å². The molecule has 2 atom stereocenters. The molecule has 0 radical (unpaired) electrons. The van der Waals surface area contributed by atoms with Crippen LogP contribution in [0.4, 0.5) is 0 Å². The van der Waals surface area contributed by atoms with E-state index in [1.807, 2.05) is 0 Å². The summed E-state index contributed by atoms with van der Waals surface area (Å²) in [5.41, 5.74) is 1.35. The fourth-order valence-electron chi connectivity index (χ4n) is 4.48. The first kappa shape index (κ1) is 15.0. The Morgan fingerprint density at radius 3 is 2.78 bits per heavy atom. The van der Waals surface area contributed by atoms with E-state index in [-0.39, 0.29) is 0 Å². The summed E-state index contributed by atoms with van der Waals surface area (Å²) in [7, 11) is 4.06. The Balaban J connectivity index is 1.69. The van der Waals surface area contributed by atoms with Crippen LogP contribution in [0.15, 0.2) is 36.4 Å². The molecule has 0 N–H and O–H groups in total. The molecule has 2 bridgehead atoms. The van der Waals surface area contributed by atoms with E-state index >= 15 is 0 Å². The molecule has 3 heteroatoms. The summed E-state index contributed by atoms with van der Waals surface area (Å²) in [5.74, 6) is 1.84. The maximum absolute atomic E-state index is 5.69. The second kappa shape index (κ2) is 6.14. The van der Waals surface area contributed by atoms with Crippen molar-refractivity contribution in [2.24, 2.45) is 5.92 Å². The molecule has 5 rings (SSSR count). The molecule has 0 saturated carbocycles. The van der Waals surface area contributed by atoms with E-state index in [2.05, 4.69) is 53.2 Å². The van der Waals surface area contributed by atoms with Crippen LogP contribution in [-0.2, 0) is 6.54 Å². The topological polar surface area (TPSA) is 15.7 Å². The molecule has 0 aliphatic carbocycles. The average Bonchev–Trinajstić information content (AvgIpc) is 2.84. The Morgan fingerprint density at radius 2 is 1.91 bits per heavy atom. The summed E-state index contributed by atoms with van der Waals surface area (Å²) >= 11 is 0. The molecule has 3 saturated heterocycles. The van der Waals surface area contributed by atoms with Gasteiger partial charge in [-0.3, -0.25) is 4.90 Å². The minimum atomic E-state index is 0.683. The van der Waals surface area contributed by atoms with Gasteiger partial charge in [-0.25, -0.2) is 0 Å². The number of nitrogens with zero attached hydrogens (tertiary/aromatic N) is 2. The van der Waals surface area contributed by atoms with Crippen LogP contribution in [0.5, 0.6) is 5.75 Å². The maximum Gasteiger partial charge on any atom is 0.123 e. The van der Waals surface area contributed by atoms with Gasteiger partial charge in [0.25, 0.3) is 0 Å². The monoisotopic (exact) mass is 310 g/mol. The van der Waals surface area contributed by atoms with Crippen molar-refractivity contribution in [2.45, 2.75) is 25.4 Å². The van der Waals surface area contributed by atoms with E-state index in [4.69, 9.17) is 4.74 Å². The standard InChI is InChI=1S/C20H26N2O/c1-21-11-15-7-9-17(13-21)22(12-15)14-19-18-6-4-3-5-16(18)8-10-20(19)23-2/h3-6,8,10,15,17H,7,9,11-14H2,1-2H3/t15-,17+/m0/s1. The smallest absolute Gasteiger partial charge is 0.123 e. The molecule has 0 amide bonds. The number of likely N-dealkylation sites (N-methyl/N-ethyl adjacent to an activating group) is 1. The van der Waals surface area contributed by atoms with Gasteiger partial charge in [-0.05, 0) is 42.6 Å². The molecule has 3 fully saturated rings. The molecule has 2 aromatic rings. The summed E-state index contributed by atoms with van der Waals surface area (Å²) in [4.78, 5) is 5.21. The highest BCUT2D eigenvalue weighted by Gasteiger charge is 2.33. The summed E-state index contributed by atoms with van der Waals surface area (Å²) in [6.07, 6.45) is 2.72. The van der Waals surface area contributed by atoms with E-state index < -0.39 is 0 Å². The zero-order valence-corrected chi connectivity index (χ0v) is 14.2. The van der Waals surface area contributed by atoms with E-state index in [1.165, 1.54) is 48.8 Å². The predicted octanol–water partition coefficient (Wildman–Crippen LogP) is 3.37. The van der Waals surface area contributed by atoms with Crippen molar-refractivity contribution in [2.75, 3.05) is 33.8 Å². The van der Waals surface area contributed by atoms with Gasteiger partial charge in [0.2, 0.25) is 0 Å². The average molecular weight is 310 g/mol. The van der Waals surface area contributed by atoms with Crippen molar-refractivity contribution < 1.29 is 4.74 Å². The lowest BCUT2D eigenvalue weighted by atomic mass is 9.93. The van der Waals surface area contributed by atoms with Gasteiger partial charge in [-0.1, -0.05) is 30.3 Å². The van der Waals surface area contributed by atoms with Crippen molar-refractivity contribution in [1.29, 1.82) is 0 Å². The highest BCUT2D eigenvalue weighted by Crippen LogP contribution is 2.33. The lowest BCUT2D eigenvalue weighted by Crippen LogP contribution is -2.43. The Hall–Kier alpha value is -1.58. The van der Waals surface area contributed by atoms with Crippen LogP contribution < -0.4 is 4.74 Å². The Kier molecular flexibility index (Phi) is 4.00. The summed E-state index contributed by atoms with van der Waals surface area (Å²) in [5, 5.41) is 2.64. The SMILES string of the molecule is COc1ccc2ccccc2c1CN1C[C@H]2CC[C@@H]1CN(C)C2. The third kappa shape index (κ3) is 2.84. The first-order valence-corrected chi connectivity index (χ1v) is 8.72. The molecule has 23 heavy (non-hydrogen) atoms. The molecule has 3 heterocycles. The van der Waals surface area contributed by atoms with Gasteiger partial charge in [-0.15, -0.1) is 0 Å². The molecule has 3 aliphatic heterocycles. The van der Waals surface area contributed by atoms with Gasteiger partial charge >= 0.3 is 0 Å². The van der Waals surface area contributed by atoms with Crippen molar-refractivity contribution in [3.05, 3.63) is 42.0 Å². The number of hydrogen-bond acceptors (Lipinski definition) is 3. The van der Waals surface area contributed by atoms with Crippen molar-refractivity contribution in [1.82, 2.24) is 9.80 Å². The van der Waals surface area contributed by atoms with Crippen LogP contribution in [0, 0.1) is 5.92 Å². The van der Waals surface area contributed by atoms with E-state index in [0.29, 0.717) is 6.04 Å². The number of hydrogen-bond donors (Lipinski definition) is 0. The molecule has 0 aromatic heterocycles. The van der Waals surface area contributed by atoms with Crippen LogP contribution in [-0.4, -0.2) is 49.6 Å². The van der Waals surface area contributed by atoms with E-state index in [9.17, 15) is 0 Å². The molecule has 122 valence electrons. The molecule has 0 unspecified atom stereocenters. The van der Waals surface area contributed by atoms with Gasteiger partial charge in [0.05, 0.1) is 7.11 Å². The molecular weight excluding hydrogens is 284 g/mol. The molecule has 0 spiro atoms. The third-order valence-electron chi connectivity index (χ3n) is 5.59. The van der Waals surface area contributed by atoms with Gasteiger partial charge < -0.3 is 9.64 Å². The summed E-state index contributed by atoms with van der Waals surface area (Å²) < 4.78 is 5.69. The molecular formula is C20H26N2O. The van der Waals surface area contributed by atoms with Crippen molar-refractivity contribution in [3.8, 4) is 5.75 Å². The number of piperidine rings is 1. The fraction of sp³-hybridized carbons (Fsp3) is 0.500. The maximum atomic E-state index is 5.69. The second-order valence-electron chi connectivity index (χ2n) is 7.22. The molecule has 3 aliphatic rings. The zero-order valence-electron chi connectivity index (χ0n) is 14.2. The quantitative estimate of drug-likeness (QED) is 0.864. The number of methoxy groups -OCH3 is 1. The minimum absolute atomic E-state index is 0.683. The zero-order chi connectivity index (χ0) is 15.8. The van der Waals surface area contributed by atoms with Crippen LogP contribution in [0.1, 0.15) is 18.4 Å². The normalized spacial score (nSPS) is 25.7. The number of benzene rings is 2. The number of ether oxygens (including phenoxy) is 1. The lowest BCUT2D eigenvalue weighted by Gasteiger charge is -2.36. The second-order valence-corrected chi connectivity index (χ2v) is 7.22. The minimum Gasteiger partial charge on any atom is -0.496 e. The Bertz CT molecular complexity index is 699. The Labute approximate surface area is 138 Å². The van der Waals surface area contributed by atoms with Crippen molar-refractivity contribution in [3.63, 3.8) is 0 Å². The highest BCUT2D eigenvalue weighted by molar-refractivity contribution is 5.87. The van der Waals surface area contributed by atoms with Crippen LogP contribution in [0.3, 0.4) is 0 Å².